The summed E-state index contributed by atoms with van der Waals surface area (Å²) >= 11 is 0. The third-order valence-electron chi connectivity index (χ3n) is 5.93. The molecule has 2 aliphatic rings. The SMILES string of the molecule is CCNC(=O)COc1cccc(CNC(=NC)NC2CCN(CC3CCCC3)C2)c1.I. The van der Waals surface area contributed by atoms with Gasteiger partial charge in [-0.15, -0.1) is 24.0 Å². The Labute approximate surface area is 203 Å². The van der Waals surface area contributed by atoms with Gasteiger partial charge in [0.2, 0.25) is 0 Å². The van der Waals surface area contributed by atoms with Crippen molar-refractivity contribution in [2.75, 3.05) is 39.8 Å². The van der Waals surface area contributed by atoms with E-state index in [2.05, 4.69) is 25.8 Å². The molecule has 0 spiro atoms. The molecule has 2 fully saturated rings. The summed E-state index contributed by atoms with van der Waals surface area (Å²) < 4.78 is 5.58. The standard InChI is InChI=1S/C23H37N5O2.HI/c1-3-25-22(29)17-30-21-10-6-9-19(13-21)14-26-23(24-2)27-20-11-12-28(16-20)15-18-7-4-5-8-18;/h6,9-10,13,18,20H,3-5,7-8,11-12,14-17H2,1-2H3,(H,25,29)(H2,24,26,27);1H. The van der Waals surface area contributed by atoms with Crippen LogP contribution in [0.5, 0.6) is 5.75 Å². The minimum Gasteiger partial charge on any atom is -0.484 e. The van der Waals surface area contributed by atoms with Gasteiger partial charge in [0.15, 0.2) is 12.6 Å². The minimum atomic E-state index is -0.107. The van der Waals surface area contributed by atoms with Gasteiger partial charge >= 0.3 is 0 Å². The summed E-state index contributed by atoms with van der Waals surface area (Å²) in [6.45, 7) is 6.72. The Balaban J connectivity index is 0.00000341. The number of hydrogen-bond donors (Lipinski definition) is 3. The largest absolute Gasteiger partial charge is 0.484 e. The molecule has 3 N–H and O–H groups in total. The monoisotopic (exact) mass is 543 g/mol. The lowest BCUT2D eigenvalue weighted by Crippen LogP contribution is -2.44. The number of carbonyl (C=O) groups excluding carboxylic acids is 1. The highest BCUT2D eigenvalue weighted by Crippen LogP contribution is 2.26. The topological polar surface area (TPSA) is 78.0 Å². The maximum Gasteiger partial charge on any atom is 0.257 e. The van der Waals surface area contributed by atoms with Crippen molar-refractivity contribution in [1.82, 2.24) is 20.9 Å². The quantitative estimate of drug-likeness (QED) is 0.254. The number of carbonyl (C=O) groups is 1. The Hall–Kier alpha value is -1.55. The van der Waals surface area contributed by atoms with Crippen molar-refractivity contribution in [3.8, 4) is 5.75 Å². The van der Waals surface area contributed by atoms with Gasteiger partial charge in [0, 0.05) is 45.8 Å². The fourth-order valence-corrected chi connectivity index (χ4v) is 4.39. The van der Waals surface area contributed by atoms with Crippen molar-refractivity contribution in [2.24, 2.45) is 10.9 Å². The highest BCUT2D eigenvalue weighted by Gasteiger charge is 2.26. The summed E-state index contributed by atoms with van der Waals surface area (Å²) in [6.07, 6.45) is 6.80. The average Bonchev–Trinajstić information content (AvgIpc) is 3.42. The molecule has 1 aromatic carbocycles. The van der Waals surface area contributed by atoms with Gasteiger partial charge in [0.05, 0.1) is 0 Å². The van der Waals surface area contributed by atoms with Crippen LogP contribution < -0.4 is 20.7 Å². The third-order valence-corrected chi connectivity index (χ3v) is 5.93. The average molecular weight is 543 g/mol. The second-order valence-electron chi connectivity index (χ2n) is 8.36. The molecule has 1 saturated carbocycles. The molecule has 1 heterocycles. The van der Waals surface area contributed by atoms with E-state index in [1.807, 2.05) is 38.2 Å². The van der Waals surface area contributed by atoms with Gasteiger partial charge in [-0.1, -0.05) is 25.0 Å². The van der Waals surface area contributed by atoms with Crippen molar-refractivity contribution in [1.29, 1.82) is 0 Å². The van der Waals surface area contributed by atoms with E-state index in [-0.39, 0.29) is 36.5 Å². The third kappa shape index (κ3) is 8.84. The number of guanidine groups is 1. The number of likely N-dealkylation sites (tertiary alicyclic amines) is 1. The van der Waals surface area contributed by atoms with Crippen molar-refractivity contribution in [2.45, 2.75) is 51.6 Å². The molecule has 7 nitrogen and oxygen atoms in total. The van der Waals surface area contributed by atoms with Gasteiger partial charge in [0.1, 0.15) is 5.75 Å². The Kier molecular flexibility index (Phi) is 11.4. The van der Waals surface area contributed by atoms with Crippen LogP contribution in [0.25, 0.3) is 0 Å². The minimum absolute atomic E-state index is 0. The number of halogens is 1. The van der Waals surface area contributed by atoms with E-state index < -0.39 is 0 Å². The number of likely N-dealkylation sites (N-methyl/N-ethyl adjacent to an activating group) is 1. The number of amides is 1. The van der Waals surface area contributed by atoms with E-state index in [1.54, 1.807) is 0 Å². The van der Waals surface area contributed by atoms with Gasteiger partial charge in [-0.05, 0) is 49.8 Å². The zero-order chi connectivity index (χ0) is 21.2. The molecule has 31 heavy (non-hydrogen) atoms. The van der Waals surface area contributed by atoms with E-state index in [9.17, 15) is 4.79 Å². The van der Waals surface area contributed by atoms with Gasteiger partial charge < -0.3 is 25.6 Å². The predicted molar refractivity (Wildman–Crippen MR) is 136 cm³/mol. The summed E-state index contributed by atoms with van der Waals surface area (Å²) in [5, 5.41) is 9.70. The molecule has 1 aromatic rings. The molecule has 1 aliphatic heterocycles. The molecular weight excluding hydrogens is 505 g/mol. The van der Waals surface area contributed by atoms with Crippen LogP contribution in [-0.4, -0.2) is 62.6 Å². The zero-order valence-electron chi connectivity index (χ0n) is 18.9. The molecule has 0 radical (unpaired) electrons. The van der Waals surface area contributed by atoms with E-state index >= 15 is 0 Å². The van der Waals surface area contributed by atoms with Gasteiger partial charge in [0.25, 0.3) is 5.91 Å². The number of benzene rings is 1. The number of hydrogen-bond acceptors (Lipinski definition) is 4. The van der Waals surface area contributed by atoms with Crippen LogP contribution in [0, 0.1) is 5.92 Å². The van der Waals surface area contributed by atoms with Crippen LogP contribution in [0.4, 0.5) is 0 Å². The first-order valence-corrected chi connectivity index (χ1v) is 11.3. The highest BCUT2D eigenvalue weighted by atomic mass is 127. The van der Waals surface area contributed by atoms with Crippen LogP contribution in [0.2, 0.25) is 0 Å². The maximum absolute atomic E-state index is 11.6. The first kappa shape index (κ1) is 25.7. The fourth-order valence-electron chi connectivity index (χ4n) is 4.39. The van der Waals surface area contributed by atoms with Crippen LogP contribution in [0.15, 0.2) is 29.3 Å². The molecule has 1 unspecified atom stereocenters. The summed E-state index contributed by atoms with van der Waals surface area (Å²) in [5.41, 5.74) is 1.08. The highest BCUT2D eigenvalue weighted by molar-refractivity contribution is 14.0. The summed E-state index contributed by atoms with van der Waals surface area (Å²) in [7, 11) is 1.81. The Morgan fingerprint density at radius 3 is 2.77 bits per heavy atom. The Bertz CT molecular complexity index is 709. The lowest BCUT2D eigenvalue weighted by molar-refractivity contribution is -0.122. The second kappa shape index (κ2) is 13.8. The lowest BCUT2D eigenvalue weighted by atomic mass is 10.1. The van der Waals surface area contributed by atoms with E-state index in [1.165, 1.54) is 38.8 Å². The second-order valence-corrected chi connectivity index (χ2v) is 8.36. The van der Waals surface area contributed by atoms with Crippen molar-refractivity contribution < 1.29 is 9.53 Å². The molecule has 8 heteroatoms. The zero-order valence-corrected chi connectivity index (χ0v) is 21.2. The lowest BCUT2D eigenvalue weighted by Gasteiger charge is -2.21. The molecule has 0 aromatic heterocycles. The van der Waals surface area contributed by atoms with E-state index in [0.717, 1.165) is 30.4 Å². The Morgan fingerprint density at radius 2 is 2.03 bits per heavy atom. The predicted octanol–water partition coefficient (Wildman–Crippen LogP) is 2.75. The number of nitrogens with one attached hydrogen (secondary N) is 3. The number of nitrogens with zero attached hydrogens (tertiary/aromatic N) is 2. The normalized spacial score (nSPS) is 19.7. The molecule has 0 bridgehead atoms. The van der Waals surface area contributed by atoms with Crippen molar-refractivity contribution in [3.05, 3.63) is 29.8 Å². The van der Waals surface area contributed by atoms with Crippen molar-refractivity contribution >= 4 is 35.8 Å². The first-order chi connectivity index (χ1) is 14.7. The molecule has 1 saturated heterocycles. The van der Waals surface area contributed by atoms with Gasteiger partial charge in [-0.25, -0.2) is 0 Å². The van der Waals surface area contributed by atoms with Gasteiger partial charge in [-0.3, -0.25) is 9.79 Å². The maximum atomic E-state index is 11.6. The fraction of sp³-hybridized carbons (Fsp3) is 0.652. The molecule has 1 aliphatic carbocycles. The molecular formula is C23H38IN5O2. The Morgan fingerprint density at radius 1 is 1.23 bits per heavy atom. The number of ether oxygens (including phenoxy) is 1. The number of rotatable bonds is 9. The molecule has 1 atom stereocenters. The molecule has 3 rings (SSSR count). The van der Waals surface area contributed by atoms with Crippen molar-refractivity contribution in [3.63, 3.8) is 0 Å². The summed E-state index contributed by atoms with van der Waals surface area (Å²) in [6, 6.07) is 8.26. The van der Waals surface area contributed by atoms with Gasteiger partial charge in [-0.2, -0.15) is 0 Å². The van der Waals surface area contributed by atoms with E-state index in [4.69, 9.17) is 4.74 Å². The van der Waals surface area contributed by atoms with E-state index in [0.29, 0.717) is 24.9 Å². The van der Waals surface area contributed by atoms with Crippen LogP contribution in [0.3, 0.4) is 0 Å². The smallest absolute Gasteiger partial charge is 0.257 e. The van der Waals surface area contributed by atoms with Crippen LogP contribution >= 0.6 is 24.0 Å². The molecule has 174 valence electrons. The first-order valence-electron chi connectivity index (χ1n) is 11.3. The van der Waals surface area contributed by atoms with Crippen LogP contribution in [-0.2, 0) is 11.3 Å². The van der Waals surface area contributed by atoms with Crippen LogP contribution in [0.1, 0.15) is 44.6 Å². The number of aliphatic imine (C=N–C) groups is 1. The summed E-state index contributed by atoms with van der Waals surface area (Å²) in [5.74, 6) is 2.33. The molecule has 1 amide bonds. The summed E-state index contributed by atoms with van der Waals surface area (Å²) in [4.78, 5) is 18.6.